The van der Waals surface area contributed by atoms with Crippen molar-refractivity contribution in [3.63, 3.8) is 0 Å². The predicted molar refractivity (Wildman–Crippen MR) is 97.3 cm³/mol. The van der Waals surface area contributed by atoms with Gasteiger partial charge >= 0.3 is 0 Å². The SMILES string of the molecule is Cc1ccc(C2N=C(NC#N)Nc3nc(N)c(C#N)c(N)c32)cc1[N+](=O)[O-]. The van der Waals surface area contributed by atoms with Gasteiger partial charge in [-0.25, -0.2) is 9.98 Å². The summed E-state index contributed by atoms with van der Waals surface area (Å²) in [5.74, 6) is 0.215. The van der Waals surface area contributed by atoms with E-state index in [-0.39, 0.29) is 34.5 Å². The first-order valence-electron chi connectivity index (χ1n) is 7.61. The fraction of sp³-hybridized carbons (Fsp3) is 0.125. The highest BCUT2D eigenvalue weighted by molar-refractivity contribution is 5.98. The van der Waals surface area contributed by atoms with E-state index in [1.165, 1.54) is 6.07 Å². The lowest BCUT2D eigenvalue weighted by molar-refractivity contribution is -0.385. The summed E-state index contributed by atoms with van der Waals surface area (Å²) >= 11 is 0. The number of nitrogens with zero attached hydrogens (tertiary/aromatic N) is 5. The molecule has 11 nitrogen and oxygen atoms in total. The Bertz CT molecular complexity index is 1080. The summed E-state index contributed by atoms with van der Waals surface area (Å²) in [4.78, 5) is 19.3. The van der Waals surface area contributed by atoms with E-state index in [1.807, 2.05) is 6.07 Å². The molecule has 1 aliphatic heterocycles. The van der Waals surface area contributed by atoms with Crippen LogP contribution in [0.2, 0.25) is 0 Å². The van der Waals surface area contributed by atoms with E-state index in [0.29, 0.717) is 16.7 Å². The standard InChI is InChI=1S/C16H13N9O2/c1-7-2-3-8(4-10(7)25(26)27)13-11-12(19)9(5-17)14(20)23-15(11)24-16(22-13)21-6-18/h2-4,13H,1H3,(H6,19,20,21,22,23,24). The number of hydrogen-bond donors (Lipinski definition) is 4. The van der Waals surface area contributed by atoms with Crippen LogP contribution in [0.1, 0.15) is 28.3 Å². The molecule has 134 valence electrons. The molecule has 11 heteroatoms. The minimum atomic E-state index is -0.823. The maximum atomic E-state index is 11.3. The Labute approximate surface area is 153 Å². The number of benzene rings is 1. The van der Waals surface area contributed by atoms with Gasteiger partial charge < -0.3 is 16.8 Å². The number of nitro benzene ring substituents is 1. The summed E-state index contributed by atoms with van der Waals surface area (Å²) in [6.07, 6.45) is 1.74. The minimum absolute atomic E-state index is 0.00551. The maximum absolute atomic E-state index is 11.3. The minimum Gasteiger partial charge on any atom is -0.397 e. The summed E-state index contributed by atoms with van der Waals surface area (Å²) < 4.78 is 0. The number of anilines is 3. The van der Waals surface area contributed by atoms with Gasteiger partial charge in [0.1, 0.15) is 29.3 Å². The number of aliphatic imine (C=N–C) groups is 1. The van der Waals surface area contributed by atoms with Crippen LogP contribution < -0.4 is 22.1 Å². The van der Waals surface area contributed by atoms with Crippen LogP contribution in [0.5, 0.6) is 0 Å². The molecule has 1 atom stereocenters. The van der Waals surface area contributed by atoms with E-state index in [2.05, 4.69) is 20.6 Å². The fourth-order valence-corrected chi connectivity index (χ4v) is 2.82. The molecule has 0 aliphatic carbocycles. The van der Waals surface area contributed by atoms with Crippen molar-refractivity contribution in [3.8, 4) is 12.3 Å². The summed E-state index contributed by atoms with van der Waals surface area (Å²) in [7, 11) is 0. The molecule has 0 radical (unpaired) electrons. The molecule has 1 aromatic carbocycles. The number of fused-ring (bicyclic) bond motifs is 1. The second-order valence-electron chi connectivity index (χ2n) is 5.70. The van der Waals surface area contributed by atoms with Crippen LogP contribution in [-0.4, -0.2) is 15.9 Å². The van der Waals surface area contributed by atoms with Crippen LogP contribution in [-0.2, 0) is 0 Å². The molecule has 0 amide bonds. The number of nitro groups is 1. The van der Waals surface area contributed by atoms with Crippen molar-refractivity contribution in [1.82, 2.24) is 10.3 Å². The van der Waals surface area contributed by atoms with Crippen LogP contribution in [0, 0.1) is 39.8 Å². The number of hydrogen-bond acceptors (Lipinski definition) is 10. The molecular formula is C16H13N9O2. The lowest BCUT2D eigenvalue weighted by atomic mass is 9.94. The number of nitriles is 2. The smallest absolute Gasteiger partial charge is 0.272 e. The third kappa shape index (κ3) is 2.89. The molecule has 27 heavy (non-hydrogen) atoms. The molecule has 2 heterocycles. The number of guanidine groups is 1. The van der Waals surface area contributed by atoms with Gasteiger partial charge in [0.05, 0.1) is 10.6 Å². The number of pyridine rings is 1. The number of rotatable bonds is 2. The van der Waals surface area contributed by atoms with Crippen molar-refractivity contribution < 1.29 is 4.92 Å². The van der Waals surface area contributed by atoms with Crippen LogP contribution in [0.25, 0.3) is 0 Å². The van der Waals surface area contributed by atoms with Crippen LogP contribution in [0.15, 0.2) is 23.2 Å². The molecule has 0 fully saturated rings. The lowest BCUT2D eigenvalue weighted by Gasteiger charge is -2.26. The van der Waals surface area contributed by atoms with Crippen molar-refractivity contribution in [2.75, 3.05) is 16.8 Å². The Morgan fingerprint density at radius 2 is 2.11 bits per heavy atom. The van der Waals surface area contributed by atoms with Crippen molar-refractivity contribution in [2.24, 2.45) is 4.99 Å². The number of aromatic nitrogens is 1. The first-order valence-corrected chi connectivity index (χ1v) is 7.61. The molecule has 2 aromatic rings. The molecule has 6 N–H and O–H groups in total. The van der Waals surface area contributed by atoms with Crippen LogP contribution in [0.3, 0.4) is 0 Å². The van der Waals surface area contributed by atoms with Gasteiger partial charge in [0, 0.05) is 17.2 Å². The van der Waals surface area contributed by atoms with Gasteiger partial charge in [-0.2, -0.15) is 10.5 Å². The summed E-state index contributed by atoms with van der Waals surface area (Å²) in [6, 6.07) is 5.71. The Hall–Kier alpha value is -4.38. The first-order chi connectivity index (χ1) is 12.9. The van der Waals surface area contributed by atoms with E-state index >= 15 is 0 Å². The zero-order valence-corrected chi connectivity index (χ0v) is 14.0. The van der Waals surface area contributed by atoms with E-state index in [4.69, 9.17) is 16.7 Å². The van der Waals surface area contributed by atoms with Crippen molar-refractivity contribution in [3.05, 3.63) is 50.6 Å². The average Bonchev–Trinajstić information content (AvgIpc) is 2.61. The Morgan fingerprint density at radius 3 is 2.74 bits per heavy atom. The van der Waals surface area contributed by atoms with Gasteiger partial charge in [0.2, 0.25) is 5.96 Å². The molecule has 0 spiro atoms. The molecule has 0 bridgehead atoms. The molecule has 0 saturated heterocycles. The monoisotopic (exact) mass is 363 g/mol. The van der Waals surface area contributed by atoms with Gasteiger partial charge in [-0.15, -0.1) is 0 Å². The number of nitrogens with one attached hydrogen (secondary N) is 2. The van der Waals surface area contributed by atoms with Crippen LogP contribution in [0.4, 0.5) is 23.0 Å². The molecular weight excluding hydrogens is 350 g/mol. The largest absolute Gasteiger partial charge is 0.397 e. The van der Waals surface area contributed by atoms with Crippen molar-refractivity contribution in [2.45, 2.75) is 13.0 Å². The van der Waals surface area contributed by atoms with E-state index in [0.717, 1.165) is 0 Å². The summed E-state index contributed by atoms with van der Waals surface area (Å²) in [6.45, 7) is 1.62. The second-order valence-corrected chi connectivity index (χ2v) is 5.70. The van der Waals surface area contributed by atoms with E-state index < -0.39 is 11.0 Å². The Morgan fingerprint density at radius 1 is 1.37 bits per heavy atom. The quantitative estimate of drug-likeness (QED) is 0.263. The van der Waals surface area contributed by atoms with Gasteiger partial charge in [0.25, 0.3) is 5.69 Å². The molecule has 0 saturated carbocycles. The molecule has 1 unspecified atom stereocenters. The number of aryl methyl sites for hydroxylation is 1. The predicted octanol–water partition coefficient (Wildman–Crippen LogP) is 1.28. The summed E-state index contributed by atoms with van der Waals surface area (Å²) in [5.41, 5.74) is 13.2. The van der Waals surface area contributed by atoms with Crippen molar-refractivity contribution >= 4 is 29.0 Å². The third-order valence-electron chi connectivity index (χ3n) is 4.10. The second kappa shape index (κ2) is 6.50. The Balaban J connectivity index is 2.27. The third-order valence-corrected chi connectivity index (χ3v) is 4.10. The molecule has 3 rings (SSSR count). The zero-order valence-electron chi connectivity index (χ0n) is 14.0. The first kappa shape index (κ1) is 17.4. The Kier molecular flexibility index (Phi) is 4.20. The van der Waals surface area contributed by atoms with Gasteiger partial charge in [-0.05, 0) is 12.5 Å². The number of nitrogens with two attached hydrogens (primary N) is 2. The van der Waals surface area contributed by atoms with Gasteiger partial charge in [-0.1, -0.05) is 12.1 Å². The molecule has 1 aliphatic rings. The highest BCUT2D eigenvalue weighted by Gasteiger charge is 2.30. The highest BCUT2D eigenvalue weighted by Crippen LogP contribution is 2.41. The average molecular weight is 363 g/mol. The van der Waals surface area contributed by atoms with Gasteiger partial charge in [-0.3, -0.25) is 15.4 Å². The maximum Gasteiger partial charge on any atom is 0.272 e. The van der Waals surface area contributed by atoms with Crippen molar-refractivity contribution in [1.29, 1.82) is 10.5 Å². The highest BCUT2D eigenvalue weighted by atomic mass is 16.6. The van der Waals surface area contributed by atoms with Gasteiger partial charge in [0.15, 0.2) is 6.19 Å². The van der Waals surface area contributed by atoms with E-state index in [9.17, 15) is 15.4 Å². The lowest BCUT2D eigenvalue weighted by Crippen LogP contribution is -2.32. The number of nitrogen functional groups attached to an aromatic ring is 2. The summed E-state index contributed by atoms with van der Waals surface area (Å²) in [5, 5.41) is 34.6. The zero-order chi connectivity index (χ0) is 19.7. The fourth-order valence-electron chi connectivity index (χ4n) is 2.82. The normalized spacial score (nSPS) is 14.8. The molecule has 1 aromatic heterocycles. The van der Waals surface area contributed by atoms with Crippen LogP contribution >= 0.6 is 0 Å². The van der Waals surface area contributed by atoms with E-state index in [1.54, 1.807) is 25.2 Å². The topological polar surface area (TPSA) is 192 Å².